The van der Waals surface area contributed by atoms with Crippen LogP contribution in [-0.4, -0.2) is 5.78 Å². The monoisotopic (exact) mass is 137 g/mol. The lowest BCUT2D eigenvalue weighted by Crippen LogP contribution is -2.10. The van der Waals surface area contributed by atoms with Gasteiger partial charge in [-0.15, -0.1) is 0 Å². The maximum absolute atomic E-state index is 11.0. The lowest BCUT2D eigenvalue weighted by Gasteiger charge is -2.02. The number of ketones is 1. The first-order valence-electron chi connectivity index (χ1n) is 3.26. The number of allylic oxidation sites excluding steroid dienone is 1. The molecule has 0 aliphatic carbocycles. The number of nitrogens with zero attached hydrogens (tertiary/aromatic N) is 1. The summed E-state index contributed by atoms with van der Waals surface area (Å²) in [5.41, 5.74) is 0.0642. The fraction of sp³-hybridized carbons (Fsp3) is 0.500. The fourth-order valence-electron chi connectivity index (χ4n) is 0.538. The van der Waals surface area contributed by atoms with E-state index in [-0.39, 0.29) is 17.3 Å². The molecular formula is C8H11NO. The van der Waals surface area contributed by atoms with Crippen LogP contribution < -0.4 is 0 Å². The van der Waals surface area contributed by atoms with Gasteiger partial charge < -0.3 is 0 Å². The highest BCUT2D eigenvalue weighted by atomic mass is 16.1. The van der Waals surface area contributed by atoms with Crippen molar-refractivity contribution in [3.63, 3.8) is 0 Å². The molecule has 0 aromatic carbocycles. The minimum Gasteiger partial charge on any atom is -0.293 e. The molecule has 0 aromatic rings. The van der Waals surface area contributed by atoms with Crippen LogP contribution in [0.4, 0.5) is 0 Å². The van der Waals surface area contributed by atoms with Gasteiger partial charge in [-0.2, -0.15) is 5.26 Å². The molecule has 0 aliphatic rings. The highest BCUT2D eigenvalue weighted by Crippen LogP contribution is 2.07. The smallest absolute Gasteiger partial charge is 0.175 e. The zero-order chi connectivity index (χ0) is 8.15. The molecule has 0 aromatic heterocycles. The zero-order valence-corrected chi connectivity index (χ0v) is 6.35. The van der Waals surface area contributed by atoms with Crippen molar-refractivity contribution in [3.8, 4) is 6.07 Å². The molecule has 0 bridgehead atoms. The molecule has 0 N–H and O–H groups in total. The summed E-state index contributed by atoms with van der Waals surface area (Å²) >= 11 is 0. The second-order valence-electron chi connectivity index (χ2n) is 2.26. The number of Topliss-reactive ketones (excluding diaryl/α,β-unsaturated/α-hetero) is 1. The third-order valence-corrected chi connectivity index (χ3v) is 1.49. The van der Waals surface area contributed by atoms with Crippen LogP contribution in [0.5, 0.6) is 0 Å². The first kappa shape index (κ1) is 8.90. The lowest BCUT2D eigenvalue weighted by atomic mass is 9.99. The molecule has 0 fully saturated rings. The molecule has 0 heterocycles. The average molecular weight is 137 g/mol. The highest BCUT2D eigenvalue weighted by Gasteiger charge is 2.12. The summed E-state index contributed by atoms with van der Waals surface area (Å²) in [4.78, 5) is 11.0. The van der Waals surface area contributed by atoms with Gasteiger partial charge in [0.15, 0.2) is 5.78 Å². The Balaban J connectivity index is 4.12. The third kappa shape index (κ3) is 2.02. The van der Waals surface area contributed by atoms with Gasteiger partial charge in [-0.05, 0) is 6.42 Å². The molecule has 54 valence electrons. The Morgan fingerprint density at radius 3 is 2.60 bits per heavy atom. The zero-order valence-electron chi connectivity index (χ0n) is 6.35. The van der Waals surface area contributed by atoms with E-state index in [1.165, 1.54) is 0 Å². The Hall–Kier alpha value is -1.10. The van der Waals surface area contributed by atoms with Gasteiger partial charge in [0, 0.05) is 5.92 Å². The minimum absolute atomic E-state index is 0.0628. The molecule has 0 aliphatic heterocycles. The van der Waals surface area contributed by atoms with Crippen molar-refractivity contribution in [1.82, 2.24) is 0 Å². The van der Waals surface area contributed by atoms with Crippen molar-refractivity contribution in [2.24, 2.45) is 5.92 Å². The molecular weight excluding hydrogens is 126 g/mol. The Kier molecular flexibility index (Phi) is 3.42. The van der Waals surface area contributed by atoms with Gasteiger partial charge in [-0.3, -0.25) is 4.79 Å². The summed E-state index contributed by atoms with van der Waals surface area (Å²) in [6, 6.07) is 1.74. The molecule has 0 amide bonds. The van der Waals surface area contributed by atoms with Crippen molar-refractivity contribution in [2.45, 2.75) is 20.3 Å². The van der Waals surface area contributed by atoms with E-state index in [0.717, 1.165) is 6.42 Å². The van der Waals surface area contributed by atoms with Crippen molar-refractivity contribution in [3.05, 3.63) is 12.2 Å². The van der Waals surface area contributed by atoms with E-state index in [2.05, 4.69) is 6.58 Å². The van der Waals surface area contributed by atoms with Gasteiger partial charge in [0.1, 0.15) is 6.07 Å². The van der Waals surface area contributed by atoms with Crippen molar-refractivity contribution >= 4 is 5.78 Å². The molecule has 0 rings (SSSR count). The lowest BCUT2D eigenvalue weighted by molar-refractivity contribution is -0.118. The number of carbonyl (C=O) groups excluding carboxylic acids is 1. The molecule has 10 heavy (non-hydrogen) atoms. The summed E-state index contributed by atoms with van der Waals surface area (Å²) in [7, 11) is 0. The van der Waals surface area contributed by atoms with Crippen LogP contribution in [0.25, 0.3) is 0 Å². The molecule has 2 nitrogen and oxygen atoms in total. The number of nitriles is 1. The van der Waals surface area contributed by atoms with Crippen LogP contribution in [-0.2, 0) is 4.79 Å². The Morgan fingerprint density at radius 2 is 2.30 bits per heavy atom. The summed E-state index contributed by atoms with van der Waals surface area (Å²) < 4.78 is 0. The number of rotatable bonds is 3. The minimum atomic E-state index is -0.134. The SMILES string of the molecule is C=C(C#N)C(=O)C(C)CC. The van der Waals surface area contributed by atoms with Crippen molar-refractivity contribution in [1.29, 1.82) is 5.26 Å². The second kappa shape index (κ2) is 3.84. The predicted molar refractivity (Wildman–Crippen MR) is 39.2 cm³/mol. The van der Waals surface area contributed by atoms with Gasteiger partial charge in [0.2, 0.25) is 0 Å². The normalized spacial score (nSPS) is 11.7. The first-order valence-corrected chi connectivity index (χ1v) is 3.26. The number of hydrogen-bond donors (Lipinski definition) is 0. The molecule has 1 unspecified atom stereocenters. The fourth-order valence-corrected chi connectivity index (χ4v) is 0.538. The van der Waals surface area contributed by atoms with Crippen LogP contribution in [0.2, 0.25) is 0 Å². The Labute approximate surface area is 61.2 Å². The van der Waals surface area contributed by atoms with Gasteiger partial charge >= 0.3 is 0 Å². The highest BCUT2D eigenvalue weighted by molar-refractivity contribution is 5.99. The van der Waals surface area contributed by atoms with Crippen LogP contribution in [0.3, 0.4) is 0 Å². The molecule has 2 heteroatoms. The largest absolute Gasteiger partial charge is 0.293 e. The molecule has 1 atom stereocenters. The Morgan fingerprint density at radius 1 is 1.80 bits per heavy atom. The van der Waals surface area contributed by atoms with Crippen LogP contribution in [0.1, 0.15) is 20.3 Å². The topological polar surface area (TPSA) is 40.9 Å². The van der Waals surface area contributed by atoms with E-state index in [9.17, 15) is 4.79 Å². The van der Waals surface area contributed by atoms with Gasteiger partial charge in [0.05, 0.1) is 5.57 Å². The standard InChI is InChI=1S/C8H11NO/c1-4-6(2)8(10)7(3)5-9/h6H,3-4H2,1-2H3. The van der Waals surface area contributed by atoms with E-state index in [1.54, 1.807) is 13.0 Å². The molecule has 0 spiro atoms. The van der Waals surface area contributed by atoms with Crippen LogP contribution in [0, 0.1) is 17.2 Å². The number of carbonyl (C=O) groups is 1. The predicted octanol–water partition coefficient (Wildman–Crippen LogP) is 1.68. The van der Waals surface area contributed by atoms with Gasteiger partial charge in [-0.1, -0.05) is 20.4 Å². The van der Waals surface area contributed by atoms with Crippen molar-refractivity contribution in [2.75, 3.05) is 0 Å². The number of hydrogen-bond acceptors (Lipinski definition) is 2. The summed E-state index contributed by atoms with van der Waals surface area (Å²) in [5.74, 6) is -0.197. The van der Waals surface area contributed by atoms with Crippen LogP contribution in [0.15, 0.2) is 12.2 Å². The third-order valence-electron chi connectivity index (χ3n) is 1.49. The summed E-state index contributed by atoms with van der Waals surface area (Å²) in [6.45, 7) is 7.04. The van der Waals surface area contributed by atoms with Gasteiger partial charge in [0.25, 0.3) is 0 Å². The van der Waals surface area contributed by atoms with Gasteiger partial charge in [-0.25, -0.2) is 0 Å². The molecule has 0 saturated carbocycles. The molecule has 0 saturated heterocycles. The van der Waals surface area contributed by atoms with E-state index in [1.807, 2.05) is 6.92 Å². The first-order chi connectivity index (χ1) is 4.63. The second-order valence-corrected chi connectivity index (χ2v) is 2.26. The maximum Gasteiger partial charge on any atom is 0.175 e. The Bertz CT molecular complexity index is 188. The summed E-state index contributed by atoms with van der Waals surface area (Å²) in [6.07, 6.45) is 0.763. The quantitative estimate of drug-likeness (QED) is 0.438. The van der Waals surface area contributed by atoms with E-state index in [0.29, 0.717) is 0 Å². The van der Waals surface area contributed by atoms with Crippen LogP contribution >= 0.6 is 0 Å². The maximum atomic E-state index is 11.0. The average Bonchev–Trinajstić information content (AvgIpc) is 2.00. The van der Waals surface area contributed by atoms with E-state index >= 15 is 0 Å². The van der Waals surface area contributed by atoms with E-state index in [4.69, 9.17) is 5.26 Å². The molecule has 0 radical (unpaired) electrons. The van der Waals surface area contributed by atoms with Crippen molar-refractivity contribution < 1.29 is 4.79 Å². The summed E-state index contributed by atoms with van der Waals surface area (Å²) in [5, 5.41) is 8.28. The van der Waals surface area contributed by atoms with E-state index < -0.39 is 0 Å².